The fraction of sp³-hybridized carbons (Fsp3) is 0.312. The van der Waals surface area contributed by atoms with Gasteiger partial charge in [0.2, 0.25) is 11.8 Å². The van der Waals surface area contributed by atoms with E-state index >= 15 is 0 Å². The minimum atomic E-state index is -0.581. The first-order valence-corrected chi connectivity index (χ1v) is 7.14. The second kappa shape index (κ2) is 6.89. The summed E-state index contributed by atoms with van der Waals surface area (Å²) in [7, 11) is 0. The smallest absolute Gasteiger partial charge is 0.250 e. The molecule has 6 nitrogen and oxygen atoms in total. The van der Waals surface area contributed by atoms with Gasteiger partial charge < -0.3 is 16.0 Å². The van der Waals surface area contributed by atoms with E-state index in [-0.39, 0.29) is 23.3 Å². The predicted molar refractivity (Wildman–Crippen MR) is 83.1 cm³/mol. The second-order valence-electron chi connectivity index (χ2n) is 5.20. The molecule has 1 fully saturated rings. The van der Waals surface area contributed by atoms with E-state index in [1.807, 2.05) is 0 Å². The van der Waals surface area contributed by atoms with Crippen molar-refractivity contribution in [3.8, 4) is 0 Å². The molecule has 116 valence electrons. The topological polar surface area (TPSA) is 92.5 Å². The summed E-state index contributed by atoms with van der Waals surface area (Å²) in [5.41, 5.74) is 6.00. The number of para-hydroxylation sites is 1. The number of nitrogens with zero attached hydrogens (tertiary/aromatic N) is 1. The molecule has 3 amide bonds. The molecule has 0 radical (unpaired) electrons. The first-order valence-electron chi connectivity index (χ1n) is 7.14. The van der Waals surface area contributed by atoms with Crippen LogP contribution in [0.4, 0.5) is 5.69 Å². The van der Waals surface area contributed by atoms with E-state index in [1.54, 1.807) is 29.2 Å². The van der Waals surface area contributed by atoms with Gasteiger partial charge >= 0.3 is 0 Å². The van der Waals surface area contributed by atoms with Crippen molar-refractivity contribution >= 4 is 23.4 Å². The van der Waals surface area contributed by atoms with Gasteiger partial charge in [-0.25, -0.2) is 0 Å². The third-order valence-electron chi connectivity index (χ3n) is 3.80. The lowest BCUT2D eigenvalue weighted by Gasteiger charge is -2.30. The molecule has 1 aliphatic heterocycles. The average molecular weight is 301 g/mol. The van der Waals surface area contributed by atoms with Crippen LogP contribution in [0.1, 0.15) is 23.2 Å². The van der Waals surface area contributed by atoms with E-state index in [2.05, 4.69) is 11.9 Å². The maximum absolute atomic E-state index is 12.3. The van der Waals surface area contributed by atoms with Crippen molar-refractivity contribution < 1.29 is 14.4 Å². The Labute approximate surface area is 129 Å². The number of nitrogens with two attached hydrogens (primary N) is 1. The Morgan fingerprint density at radius 2 is 1.86 bits per heavy atom. The Hall–Kier alpha value is -2.63. The second-order valence-corrected chi connectivity index (χ2v) is 5.20. The largest absolute Gasteiger partial charge is 0.366 e. The maximum atomic E-state index is 12.3. The molecule has 1 aliphatic rings. The molecule has 0 aliphatic carbocycles. The number of anilines is 1. The molecule has 22 heavy (non-hydrogen) atoms. The summed E-state index contributed by atoms with van der Waals surface area (Å²) in [6.45, 7) is 4.51. The molecule has 0 aromatic heterocycles. The highest BCUT2D eigenvalue weighted by molar-refractivity contribution is 6.03. The molecule has 3 N–H and O–H groups in total. The normalized spacial score (nSPS) is 15.2. The molecule has 0 unspecified atom stereocenters. The van der Waals surface area contributed by atoms with Gasteiger partial charge in [0.1, 0.15) is 0 Å². The summed E-state index contributed by atoms with van der Waals surface area (Å²) in [4.78, 5) is 36.8. The summed E-state index contributed by atoms with van der Waals surface area (Å²) in [6.07, 6.45) is 2.46. The summed E-state index contributed by atoms with van der Waals surface area (Å²) in [5.74, 6) is -1.03. The van der Waals surface area contributed by atoms with Crippen molar-refractivity contribution in [3.05, 3.63) is 42.5 Å². The molecular weight excluding hydrogens is 282 g/mol. The number of amides is 3. The van der Waals surface area contributed by atoms with Crippen molar-refractivity contribution in [3.63, 3.8) is 0 Å². The van der Waals surface area contributed by atoms with E-state index in [0.29, 0.717) is 31.6 Å². The Morgan fingerprint density at radius 3 is 2.45 bits per heavy atom. The molecule has 1 aromatic rings. The van der Waals surface area contributed by atoms with Crippen LogP contribution in [0.5, 0.6) is 0 Å². The summed E-state index contributed by atoms with van der Waals surface area (Å²) in [5, 5.41) is 2.76. The minimum absolute atomic E-state index is 0.113. The third kappa shape index (κ3) is 3.52. The molecule has 0 spiro atoms. The van der Waals surface area contributed by atoms with Gasteiger partial charge in [-0.15, -0.1) is 0 Å². The first kappa shape index (κ1) is 15.8. The fourth-order valence-electron chi connectivity index (χ4n) is 2.53. The number of primary amides is 1. The van der Waals surface area contributed by atoms with Crippen LogP contribution in [0.3, 0.4) is 0 Å². The highest BCUT2D eigenvalue weighted by Gasteiger charge is 2.27. The number of piperidine rings is 1. The molecule has 0 atom stereocenters. The van der Waals surface area contributed by atoms with Crippen LogP contribution >= 0.6 is 0 Å². The monoisotopic (exact) mass is 301 g/mol. The third-order valence-corrected chi connectivity index (χ3v) is 3.80. The zero-order valence-corrected chi connectivity index (χ0v) is 12.2. The lowest BCUT2D eigenvalue weighted by Crippen LogP contribution is -2.40. The molecule has 0 saturated carbocycles. The number of carbonyl (C=O) groups is 3. The van der Waals surface area contributed by atoms with Crippen molar-refractivity contribution in [1.82, 2.24) is 4.90 Å². The quantitative estimate of drug-likeness (QED) is 0.817. The number of rotatable bonds is 4. The van der Waals surface area contributed by atoms with E-state index in [4.69, 9.17) is 5.73 Å². The number of hydrogen-bond donors (Lipinski definition) is 2. The van der Waals surface area contributed by atoms with Crippen LogP contribution in [-0.4, -0.2) is 35.7 Å². The van der Waals surface area contributed by atoms with Gasteiger partial charge in [0.15, 0.2) is 0 Å². The molecular formula is C16H19N3O3. The first-order chi connectivity index (χ1) is 10.5. The minimum Gasteiger partial charge on any atom is -0.366 e. The Balaban J connectivity index is 1.98. The number of likely N-dealkylation sites (tertiary alicyclic amines) is 1. The maximum Gasteiger partial charge on any atom is 0.250 e. The van der Waals surface area contributed by atoms with Crippen LogP contribution in [0.15, 0.2) is 36.9 Å². The van der Waals surface area contributed by atoms with Gasteiger partial charge in [0.25, 0.3) is 5.91 Å². The average Bonchev–Trinajstić information content (AvgIpc) is 2.54. The van der Waals surface area contributed by atoms with Crippen LogP contribution < -0.4 is 11.1 Å². The lowest BCUT2D eigenvalue weighted by atomic mass is 9.95. The highest BCUT2D eigenvalue weighted by Crippen LogP contribution is 2.21. The van der Waals surface area contributed by atoms with Gasteiger partial charge in [-0.3, -0.25) is 14.4 Å². The Morgan fingerprint density at radius 1 is 1.23 bits per heavy atom. The van der Waals surface area contributed by atoms with Crippen molar-refractivity contribution in [2.45, 2.75) is 12.8 Å². The molecule has 6 heteroatoms. The SMILES string of the molecule is C=CC(=O)N1CCC(C(=O)Nc2ccccc2C(N)=O)CC1. The number of nitrogens with one attached hydrogen (secondary N) is 1. The number of carbonyl (C=O) groups excluding carboxylic acids is 3. The van der Waals surface area contributed by atoms with Crippen LogP contribution in [0, 0.1) is 5.92 Å². The summed E-state index contributed by atoms with van der Waals surface area (Å²) in [6, 6.07) is 6.64. The summed E-state index contributed by atoms with van der Waals surface area (Å²) >= 11 is 0. The van der Waals surface area contributed by atoms with Gasteiger partial charge in [0, 0.05) is 19.0 Å². The highest BCUT2D eigenvalue weighted by atomic mass is 16.2. The summed E-state index contributed by atoms with van der Waals surface area (Å²) < 4.78 is 0. The molecule has 0 bridgehead atoms. The Bertz CT molecular complexity index is 604. The lowest BCUT2D eigenvalue weighted by molar-refractivity contribution is -0.130. The van der Waals surface area contributed by atoms with Crippen molar-refractivity contribution in [2.24, 2.45) is 11.7 Å². The fourth-order valence-corrected chi connectivity index (χ4v) is 2.53. The zero-order chi connectivity index (χ0) is 16.1. The van der Waals surface area contributed by atoms with E-state index < -0.39 is 5.91 Å². The molecule has 1 heterocycles. The van der Waals surface area contributed by atoms with Crippen LogP contribution in [0.2, 0.25) is 0 Å². The van der Waals surface area contributed by atoms with E-state index in [0.717, 1.165) is 0 Å². The molecule has 1 aromatic carbocycles. The van der Waals surface area contributed by atoms with E-state index in [1.165, 1.54) is 6.08 Å². The number of benzene rings is 1. The van der Waals surface area contributed by atoms with Crippen molar-refractivity contribution in [2.75, 3.05) is 18.4 Å². The number of hydrogen-bond acceptors (Lipinski definition) is 3. The zero-order valence-electron chi connectivity index (χ0n) is 12.2. The van der Waals surface area contributed by atoms with Gasteiger partial charge in [-0.2, -0.15) is 0 Å². The van der Waals surface area contributed by atoms with Crippen LogP contribution in [0.25, 0.3) is 0 Å². The van der Waals surface area contributed by atoms with E-state index in [9.17, 15) is 14.4 Å². The predicted octanol–water partition coefficient (Wildman–Crippen LogP) is 1.15. The molecule has 2 rings (SSSR count). The van der Waals surface area contributed by atoms with Gasteiger partial charge in [0.05, 0.1) is 11.3 Å². The van der Waals surface area contributed by atoms with Gasteiger partial charge in [-0.1, -0.05) is 18.7 Å². The van der Waals surface area contributed by atoms with Crippen molar-refractivity contribution in [1.29, 1.82) is 0 Å². The van der Waals surface area contributed by atoms with Crippen LogP contribution in [-0.2, 0) is 9.59 Å². The standard InChI is InChI=1S/C16H19N3O3/c1-2-14(20)19-9-7-11(8-10-19)16(22)18-13-6-4-3-5-12(13)15(17)21/h2-6,11H,1,7-10H2,(H2,17,21)(H,18,22). The van der Waals surface area contributed by atoms with Gasteiger partial charge in [-0.05, 0) is 31.1 Å². The Kier molecular flexibility index (Phi) is 4.93. The molecule has 1 saturated heterocycles.